The maximum absolute atomic E-state index is 13.2. The molecule has 1 saturated heterocycles. The number of amides is 2. The third kappa shape index (κ3) is 9.07. The number of anilines is 1. The van der Waals surface area contributed by atoms with E-state index in [-0.39, 0.29) is 11.8 Å². The minimum absolute atomic E-state index is 0.0744. The highest BCUT2D eigenvalue weighted by Crippen LogP contribution is 2.29. The number of rotatable bonds is 14. The van der Waals surface area contributed by atoms with Gasteiger partial charge in [0.1, 0.15) is 5.75 Å². The van der Waals surface area contributed by atoms with Crippen LogP contribution in [0.2, 0.25) is 0 Å². The molecule has 4 rings (SSSR count). The van der Waals surface area contributed by atoms with Crippen LogP contribution in [0, 0.1) is 20.8 Å². The van der Waals surface area contributed by atoms with Gasteiger partial charge in [-0.3, -0.25) is 14.6 Å². The van der Waals surface area contributed by atoms with Gasteiger partial charge >= 0.3 is 0 Å². The van der Waals surface area contributed by atoms with E-state index >= 15 is 0 Å². The van der Waals surface area contributed by atoms with Gasteiger partial charge in [-0.05, 0) is 118 Å². The number of hydrogen-bond donors (Lipinski definition) is 2. The number of aromatic nitrogens is 1. The molecule has 8 nitrogen and oxygen atoms in total. The monoisotopic (exact) mass is 613 g/mol. The predicted octanol–water partition coefficient (Wildman–Crippen LogP) is 6.22. The first-order valence-electron chi connectivity index (χ1n) is 16.4. The summed E-state index contributed by atoms with van der Waals surface area (Å²) in [6.45, 7) is 14.4. The fourth-order valence-corrected chi connectivity index (χ4v) is 6.29. The van der Waals surface area contributed by atoms with Crippen LogP contribution < -0.4 is 20.3 Å². The van der Waals surface area contributed by atoms with Crippen LogP contribution in [0.1, 0.15) is 88.9 Å². The molecule has 2 aromatic carbocycles. The molecule has 3 aromatic rings. The van der Waals surface area contributed by atoms with E-state index in [0.717, 1.165) is 68.6 Å². The number of aryl methyl sites for hydroxylation is 3. The first-order chi connectivity index (χ1) is 21.7. The van der Waals surface area contributed by atoms with Crippen molar-refractivity contribution in [3.8, 4) is 5.75 Å². The van der Waals surface area contributed by atoms with E-state index in [1.165, 1.54) is 16.8 Å². The van der Waals surface area contributed by atoms with E-state index in [9.17, 15) is 9.59 Å². The maximum Gasteiger partial charge on any atom is 0.251 e. The molecular formula is C37H51N5O3. The molecular weight excluding hydrogens is 562 g/mol. The number of pyridine rings is 1. The summed E-state index contributed by atoms with van der Waals surface area (Å²) in [7, 11) is 1.70. The van der Waals surface area contributed by atoms with Crippen LogP contribution in [0.25, 0.3) is 0 Å². The van der Waals surface area contributed by atoms with E-state index in [1.54, 1.807) is 7.11 Å². The van der Waals surface area contributed by atoms with Gasteiger partial charge in [0.15, 0.2) is 0 Å². The number of carbonyl (C=O) groups is 2. The number of ether oxygens (including phenoxy) is 1. The Labute approximate surface area is 269 Å². The molecule has 0 aliphatic carbocycles. The van der Waals surface area contributed by atoms with Gasteiger partial charge < -0.3 is 25.2 Å². The van der Waals surface area contributed by atoms with Gasteiger partial charge in [0.05, 0.1) is 7.11 Å². The first-order valence-corrected chi connectivity index (χ1v) is 16.4. The summed E-state index contributed by atoms with van der Waals surface area (Å²) in [5, 5.41) is 6.10. The fourth-order valence-electron chi connectivity index (χ4n) is 6.29. The number of piperidine rings is 1. The van der Waals surface area contributed by atoms with Crippen molar-refractivity contribution < 1.29 is 14.3 Å². The summed E-state index contributed by atoms with van der Waals surface area (Å²) >= 11 is 0. The average Bonchev–Trinajstić information content (AvgIpc) is 3.04. The van der Waals surface area contributed by atoms with E-state index in [0.29, 0.717) is 36.3 Å². The number of methoxy groups -OCH3 is 1. The van der Waals surface area contributed by atoms with Crippen molar-refractivity contribution in [1.29, 1.82) is 0 Å². The molecule has 2 N–H and O–H groups in total. The Hall–Kier alpha value is -3.91. The number of nitrogens with zero attached hydrogens (tertiary/aromatic N) is 3. The molecule has 0 bridgehead atoms. The lowest BCUT2D eigenvalue weighted by atomic mass is 9.98. The summed E-state index contributed by atoms with van der Waals surface area (Å²) in [6.07, 6.45) is 8.84. The predicted molar refractivity (Wildman–Crippen MR) is 182 cm³/mol. The molecule has 0 saturated carbocycles. The highest BCUT2D eigenvalue weighted by Gasteiger charge is 2.28. The highest BCUT2D eigenvalue weighted by atomic mass is 16.5. The van der Waals surface area contributed by atoms with Crippen molar-refractivity contribution in [1.82, 2.24) is 20.5 Å². The van der Waals surface area contributed by atoms with E-state index in [2.05, 4.69) is 64.4 Å². The second-order valence-corrected chi connectivity index (χ2v) is 12.4. The topological polar surface area (TPSA) is 86.8 Å². The minimum Gasteiger partial charge on any atom is -0.497 e. The van der Waals surface area contributed by atoms with Crippen molar-refractivity contribution >= 4 is 17.5 Å². The van der Waals surface area contributed by atoms with Crippen molar-refractivity contribution in [3.63, 3.8) is 0 Å². The van der Waals surface area contributed by atoms with Gasteiger partial charge in [-0.15, -0.1) is 0 Å². The van der Waals surface area contributed by atoms with Crippen molar-refractivity contribution in [2.75, 3.05) is 38.2 Å². The van der Waals surface area contributed by atoms with E-state index in [4.69, 9.17) is 4.74 Å². The molecule has 45 heavy (non-hydrogen) atoms. The molecule has 1 aliphatic heterocycles. The Balaban J connectivity index is 1.31. The van der Waals surface area contributed by atoms with Crippen LogP contribution in [-0.2, 0) is 6.54 Å². The Bertz CT molecular complexity index is 1390. The van der Waals surface area contributed by atoms with Crippen molar-refractivity contribution in [2.45, 2.75) is 85.4 Å². The molecule has 8 heteroatoms. The standard InChI is InChI=1S/C37H51N5O3/c1-7-8-17-39-36(43)30-22-27(3)35(28(4)23-30)37(44)40-19-14-29(5)41-20-15-33(16-21-41)42(25-31-24-38-18-13-26(31)2)32-9-11-34(45-6)12-10-32/h9-13,18,22-24,29,33H,7-8,14-17,19-21,25H2,1-6H3,(H,39,43)(H,40,44)/t29-/m1/s1. The summed E-state index contributed by atoms with van der Waals surface area (Å²) in [4.78, 5) is 35.1. The lowest BCUT2D eigenvalue weighted by Crippen LogP contribution is -2.48. The largest absolute Gasteiger partial charge is 0.497 e. The molecule has 242 valence electrons. The molecule has 1 fully saturated rings. The van der Waals surface area contributed by atoms with Crippen LogP contribution in [0.5, 0.6) is 5.75 Å². The van der Waals surface area contributed by atoms with Gasteiger partial charge in [-0.2, -0.15) is 0 Å². The van der Waals surface area contributed by atoms with Gasteiger partial charge in [-0.25, -0.2) is 0 Å². The normalized spacial score (nSPS) is 14.5. The van der Waals surface area contributed by atoms with Crippen molar-refractivity contribution in [3.05, 3.63) is 88.2 Å². The molecule has 0 unspecified atom stereocenters. The molecule has 1 atom stereocenters. The number of benzene rings is 2. The number of carbonyl (C=O) groups excluding carboxylic acids is 2. The SMILES string of the molecule is CCCCNC(=O)c1cc(C)c(C(=O)NCC[C@@H](C)N2CCC(N(Cc3cnccc3C)c3ccc(OC)cc3)CC2)c(C)c1. The van der Waals surface area contributed by atoms with Crippen LogP contribution in [0.15, 0.2) is 54.9 Å². The number of nitrogens with one attached hydrogen (secondary N) is 2. The lowest BCUT2D eigenvalue weighted by molar-refractivity contribution is 0.0935. The summed E-state index contributed by atoms with van der Waals surface area (Å²) in [5.74, 6) is 0.702. The van der Waals surface area contributed by atoms with Crippen molar-refractivity contribution in [2.24, 2.45) is 0 Å². The Morgan fingerprint density at radius 1 is 0.978 bits per heavy atom. The quantitative estimate of drug-likeness (QED) is 0.210. The zero-order valence-electron chi connectivity index (χ0n) is 28.0. The molecule has 2 amide bonds. The van der Waals surface area contributed by atoms with Gasteiger partial charge in [-0.1, -0.05) is 13.3 Å². The Kier molecular flexibility index (Phi) is 12.4. The van der Waals surface area contributed by atoms with Crippen LogP contribution in [-0.4, -0.2) is 67.1 Å². The van der Waals surface area contributed by atoms with E-state index < -0.39 is 0 Å². The zero-order valence-corrected chi connectivity index (χ0v) is 28.0. The molecule has 2 heterocycles. The smallest absolute Gasteiger partial charge is 0.251 e. The average molecular weight is 614 g/mol. The number of likely N-dealkylation sites (tertiary alicyclic amines) is 1. The van der Waals surface area contributed by atoms with Gasteiger partial charge in [0, 0.05) is 74.0 Å². The number of unbranched alkanes of at least 4 members (excludes halogenated alkanes) is 1. The van der Waals surface area contributed by atoms with Crippen LogP contribution in [0.4, 0.5) is 5.69 Å². The summed E-state index contributed by atoms with van der Waals surface area (Å²) in [5.41, 5.74) is 6.62. The zero-order chi connectivity index (χ0) is 32.3. The summed E-state index contributed by atoms with van der Waals surface area (Å²) in [6, 6.07) is 14.9. The van der Waals surface area contributed by atoms with Crippen LogP contribution >= 0.6 is 0 Å². The van der Waals surface area contributed by atoms with Gasteiger partial charge in [0.2, 0.25) is 0 Å². The minimum atomic E-state index is -0.0847. The highest BCUT2D eigenvalue weighted by molar-refractivity contribution is 6.00. The second-order valence-electron chi connectivity index (χ2n) is 12.4. The third-order valence-electron chi connectivity index (χ3n) is 9.14. The molecule has 0 radical (unpaired) electrons. The summed E-state index contributed by atoms with van der Waals surface area (Å²) < 4.78 is 5.41. The Morgan fingerprint density at radius 2 is 1.64 bits per heavy atom. The fraction of sp³-hybridized carbons (Fsp3) is 0.486. The maximum atomic E-state index is 13.2. The second kappa shape index (κ2) is 16.4. The van der Waals surface area contributed by atoms with E-state index in [1.807, 2.05) is 50.5 Å². The van der Waals surface area contributed by atoms with Gasteiger partial charge in [0.25, 0.3) is 11.8 Å². The van der Waals surface area contributed by atoms with Crippen LogP contribution in [0.3, 0.4) is 0 Å². The first kappa shape index (κ1) is 34.0. The lowest BCUT2D eigenvalue weighted by Gasteiger charge is -2.42. The molecule has 1 aromatic heterocycles. The molecule has 0 spiro atoms. The molecule has 1 aliphatic rings. The third-order valence-corrected chi connectivity index (χ3v) is 9.14. The number of hydrogen-bond acceptors (Lipinski definition) is 6. The Morgan fingerprint density at radius 3 is 2.27 bits per heavy atom.